The smallest absolute Gasteiger partial charge is 0.253 e. The van der Waals surface area contributed by atoms with Crippen LogP contribution in [0.1, 0.15) is 18.5 Å². The van der Waals surface area contributed by atoms with Crippen LogP contribution in [-0.2, 0) is 6.54 Å². The van der Waals surface area contributed by atoms with E-state index in [1.54, 1.807) is 29.4 Å². The van der Waals surface area contributed by atoms with Gasteiger partial charge in [-0.25, -0.2) is 4.98 Å². The molecule has 6 nitrogen and oxygen atoms in total. The Morgan fingerprint density at radius 3 is 2.67 bits per heavy atom. The third-order valence-corrected chi connectivity index (χ3v) is 5.15. The molecule has 27 heavy (non-hydrogen) atoms. The van der Waals surface area contributed by atoms with E-state index in [1.807, 2.05) is 25.3 Å². The van der Waals surface area contributed by atoms with Crippen molar-refractivity contribution in [1.29, 1.82) is 0 Å². The van der Waals surface area contributed by atoms with Crippen molar-refractivity contribution in [3.63, 3.8) is 0 Å². The molecule has 0 unspecified atom stereocenters. The van der Waals surface area contributed by atoms with Crippen molar-refractivity contribution < 1.29 is 0 Å². The maximum Gasteiger partial charge on any atom is 0.253 e. The molecule has 3 aromatic rings. The zero-order valence-corrected chi connectivity index (χ0v) is 15.5. The lowest BCUT2D eigenvalue weighted by Gasteiger charge is -2.33. The van der Waals surface area contributed by atoms with Gasteiger partial charge in [-0.1, -0.05) is 0 Å². The van der Waals surface area contributed by atoms with Gasteiger partial charge < -0.3 is 4.90 Å². The van der Waals surface area contributed by atoms with Crippen LogP contribution in [0.4, 0.5) is 5.69 Å². The second-order valence-corrected chi connectivity index (χ2v) is 7.09. The quantitative estimate of drug-likeness (QED) is 0.715. The van der Waals surface area contributed by atoms with Crippen molar-refractivity contribution in [2.45, 2.75) is 26.3 Å². The number of aromatic nitrogens is 4. The minimum atomic E-state index is -0.00367. The lowest BCUT2D eigenvalue weighted by molar-refractivity contribution is 0.351. The zero-order valence-electron chi connectivity index (χ0n) is 15.5. The summed E-state index contributed by atoms with van der Waals surface area (Å²) in [7, 11) is 0. The van der Waals surface area contributed by atoms with Gasteiger partial charge in [-0.3, -0.25) is 19.3 Å². The molecule has 1 fully saturated rings. The van der Waals surface area contributed by atoms with Crippen LogP contribution in [0.3, 0.4) is 0 Å². The van der Waals surface area contributed by atoms with Crippen LogP contribution in [0.2, 0.25) is 0 Å². The van der Waals surface area contributed by atoms with E-state index in [1.165, 1.54) is 5.69 Å². The van der Waals surface area contributed by atoms with Gasteiger partial charge in [0.25, 0.3) is 5.56 Å². The number of pyridine rings is 2. The standard InChI is InChI=1S/C21H23N5O/c1-16-11-19(4-8-23-16)25-9-5-17(6-10-25)14-26-15-24-20(12-21(26)27)18-3-2-7-22-13-18/h2-4,7-8,11-13,15,17H,5-6,9-10,14H2,1H3. The fourth-order valence-corrected chi connectivity index (χ4v) is 3.61. The summed E-state index contributed by atoms with van der Waals surface area (Å²) in [5.74, 6) is 0.493. The van der Waals surface area contributed by atoms with E-state index < -0.39 is 0 Å². The number of aryl methyl sites for hydroxylation is 1. The molecule has 0 N–H and O–H groups in total. The van der Waals surface area contributed by atoms with Gasteiger partial charge in [0.05, 0.1) is 12.0 Å². The number of rotatable bonds is 4. The van der Waals surface area contributed by atoms with E-state index in [2.05, 4.69) is 32.0 Å². The highest BCUT2D eigenvalue weighted by Gasteiger charge is 2.20. The Labute approximate surface area is 158 Å². The Morgan fingerprint density at radius 2 is 1.96 bits per heavy atom. The minimum Gasteiger partial charge on any atom is -0.371 e. The molecule has 6 heteroatoms. The van der Waals surface area contributed by atoms with Crippen molar-refractivity contribution >= 4 is 5.69 Å². The summed E-state index contributed by atoms with van der Waals surface area (Å²) in [5.41, 5.74) is 3.81. The number of piperidine rings is 1. The summed E-state index contributed by atoms with van der Waals surface area (Å²) in [6.45, 7) is 4.75. The second-order valence-electron chi connectivity index (χ2n) is 7.09. The van der Waals surface area contributed by atoms with Crippen LogP contribution in [0.5, 0.6) is 0 Å². The highest BCUT2D eigenvalue weighted by molar-refractivity contribution is 5.56. The maximum atomic E-state index is 12.5. The van der Waals surface area contributed by atoms with Gasteiger partial charge >= 0.3 is 0 Å². The van der Waals surface area contributed by atoms with Crippen molar-refractivity contribution in [3.8, 4) is 11.3 Å². The molecule has 138 valence electrons. The molecular formula is C21H23N5O. The van der Waals surface area contributed by atoms with E-state index in [0.29, 0.717) is 11.6 Å². The first kappa shape index (κ1) is 17.4. The molecule has 1 aliphatic heterocycles. The van der Waals surface area contributed by atoms with Crippen LogP contribution in [0.25, 0.3) is 11.3 Å². The van der Waals surface area contributed by atoms with Crippen molar-refractivity contribution in [2.75, 3.05) is 18.0 Å². The molecular weight excluding hydrogens is 338 g/mol. The summed E-state index contributed by atoms with van der Waals surface area (Å²) in [6.07, 6.45) is 9.11. The summed E-state index contributed by atoms with van der Waals surface area (Å²) in [6, 6.07) is 9.56. The Bertz CT molecular complexity index is 962. The molecule has 0 amide bonds. The molecule has 4 rings (SSSR count). The first-order valence-electron chi connectivity index (χ1n) is 9.33. The average Bonchev–Trinajstić information content (AvgIpc) is 2.71. The molecule has 0 aliphatic carbocycles. The van der Waals surface area contributed by atoms with Crippen LogP contribution in [-0.4, -0.2) is 32.6 Å². The first-order valence-corrected chi connectivity index (χ1v) is 9.33. The molecule has 0 bridgehead atoms. The Morgan fingerprint density at radius 1 is 1.11 bits per heavy atom. The fourth-order valence-electron chi connectivity index (χ4n) is 3.61. The molecule has 0 atom stereocenters. The Kier molecular flexibility index (Phi) is 4.96. The van der Waals surface area contributed by atoms with Gasteiger partial charge in [0.1, 0.15) is 0 Å². The Balaban J connectivity index is 1.40. The minimum absolute atomic E-state index is 0.00367. The molecule has 0 saturated carbocycles. The third-order valence-electron chi connectivity index (χ3n) is 5.15. The number of hydrogen-bond donors (Lipinski definition) is 0. The average molecular weight is 361 g/mol. The van der Waals surface area contributed by atoms with Crippen molar-refractivity contribution in [3.05, 3.63) is 71.3 Å². The molecule has 0 aromatic carbocycles. The lowest BCUT2D eigenvalue weighted by atomic mass is 9.96. The molecule has 1 aliphatic rings. The zero-order chi connectivity index (χ0) is 18.6. The van der Waals surface area contributed by atoms with Crippen molar-refractivity contribution in [1.82, 2.24) is 19.5 Å². The van der Waals surface area contributed by atoms with E-state index >= 15 is 0 Å². The fraction of sp³-hybridized carbons (Fsp3) is 0.333. The number of hydrogen-bond acceptors (Lipinski definition) is 5. The highest BCUT2D eigenvalue weighted by atomic mass is 16.1. The SMILES string of the molecule is Cc1cc(N2CCC(Cn3cnc(-c4cccnc4)cc3=O)CC2)ccn1. The predicted octanol–water partition coefficient (Wildman–Crippen LogP) is 2.93. The van der Waals surface area contributed by atoms with Gasteiger partial charge in [-0.05, 0) is 49.9 Å². The number of anilines is 1. The van der Waals surface area contributed by atoms with E-state index in [4.69, 9.17) is 0 Å². The topological polar surface area (TPSA) is 63.9 Å². The van der Waals surface area contributed by atoms with Gasteiger partial charge in [0, 0.05) is 61.2 Å². The normalized spacial score (nSPS) is 15.1. The highest BCUT2D eigenvalue weighted by Crippen LogP contribution is 2.24. The van der Waals surface area contributed by atoms with Crippen LogP contribution >= 0.6 is 0 Å². The lowest BCUT2D eigenvalue weighted by Crippen LogP contribution is -2.36. The Hall–Kier alpha value is -3.02. The van der Waals surface area contributed by atoms with Crippen molar-refractivity contribution in [2.24, 2.45) is 5.92 Å². The number of nitrogens with zero attached hydrogens (tertiary/aromatic N) is 5. The second kappa shape index (κ2) is 7.70. The summed E-state index contributed by atoms with van der Waals surface area (Å²) < 4.78 is 1.73. The maximum absolute atomic E-state index is 12.5. The van der Waals surface area contributed by atoms with Gasteiger partial charge in [0.2, 0.25) is 0 Å². The molecule has 4 heterocycles. The predicted molar refractivity (Wildman–Crippen MR) is 106 cm³/mol. The largest absolute Gasteiger partial charge is 0.371 e. The van der Waals surface area contributed by atoms with E-state index in [9.17, 15) is 4.79 Å². The van der Waals surface area contributed by atoms with Gasteiger partial charge in [0.15, 0.2) is 0 Å². The third kappa shape index (κ3) is 4.05. The van der Waals surface area contributed by atoms with Gasteiger partial charge in [-0.15, -0.1) is 0 Å². The van der Waals surface area contributed by atoms with Crippen LogP contribution in [0, 0.1) is 12.8 Å². The monoisotopic (exact) mass is 361 g/mol. The van der Waals surface area contributed by atoms with Crippen LogP contribution < -0.4 is 10.5 Å². The summed E-state index contributed by atoms with van der Waals surface area (Å²) >= 11 is 0. The van der Waals surface area contributed by atoms with Crippen LogP contribution in [0.15, 0.2) is 60.0 Å². The molecule has 3 aromatic heterocycles. The summed E-state index contributed by atoms with van der Waals surface area (Å²) in [5, 5.41) is 0. The summed E-state index contributed by atoms with van der Waals surface area (Å²) in [4.78, 5) is 27.7. The molecule has 0 radical (unpaired) electrons. The molecule has 0 spiro atoms. The first-order chi connectivity index (χ1) is 13.2. The van der Waals surface area contributed by atoms with E-state index in [0.717, 1.165) is 43.7 Å². The van der Waals surface area contributed by atoms with E-state index in [-0.39, 0.29) is 5.56 Å². The molecule has 1 saturated heterocycles. The van der Waals surface area contributed by atoms with Gasteiger partial charge in [-0.2, -0.15) is 0 Å².